The summed E-state index contributed by atoms with van der Waals surface area (Å²) >= 11 is 7.65. The standard InChI is InChI=1S/C19H22Br2/c1-10-7-8-16(17(20)9-10)19(21)18-14(5)12(3)11(2)13(4)15(18)6/h7-9,19H,1-6H3. The van der Waals surface area contributed by atoms with Crippen LogP contribution in [0.3, 0.4) is 0 Å². The van der Waals surface area contributed by atoms with Gasteiger partial charge in [0.05, 0.1) is 4.83 Å². The van der Waals surface area contributed by atoms with Crippen molar-refractivity contribution in [1.29, 1.82) is 0 Å². The SMILES string of the molecule is Cc1ccc(C(Br)c2c(C)c(C)c(C)c(C)c2C)c(Br)c1. The maximum Gasteiger partial charge on any atom is 0.0660 e. The fraction of sp³-hybridized carbons (Fsp3) is 0.368. The van der Waals surface area contributed by atoms with E-state index in [1.165, 1.54) is 49.0 Å². The van der Waals surface area contributed by atoms with Crippen LogP contribution in [0.5, 0.6) is 0 Å². The van der Waals surface area contributed by atoms with E-state index in [-0.39, 0.29) is 4.83 Å². The van der Waals surface area contributed by atoms with Crippen molar-refractivity contribution in [3.05, 3.63) is 67.2 Å². The average Bonchev–Trinajstić information content (AvgIpc) is 2.43. The summed E-state index contributed by atoms with van der Waals surface area (Å²) in [4.78, 5) is 0.213. The van der Waals surface area contributed by atoms with E-state index in [1.807, 2.05) is 0 Å². The number of hydrogen-bond acceptors (Lipinski definition) is 0. The van der Waals surface area contributed by atoms with Crippen LogP contribution in [0.1, 0.15) is 49.3 Å². The average molecular weight is 410 g/mol. The molecule has 0 saturated carbocycles. The van der Waals surface area contributed by atoms with Crippen molar-refractivity contribution in [3.8, 4) is 0 Å². The highest BCUT2D eigenvalue weighted by Crippen LogP contribution is 2.41. The molecule has 2 rings (SSSR count). The molecule has 1 unspecified atom stereocenters. The molecule has 0 aliphatic heterocycles. The lowest BCUT2D eigenvalue weighted by molar-refractivity contribution is 1.05. The van der Waals surface area contributed by atoms with Crippen molar-refractivity contribution in [2.75, 3.05) is 0 Å². The second-order valence-corrected chi connectivity index (χ2v) is 7.70. The Morgan fingerprint density at radius 3 is 1.71 bits per heavy atom. The van der Waals surface area contributed by atoms with Gasteiger partial charge in [0.2, 0.25) is 0 Å². The van der Waals surface area contributed by atoms with Crippen molar-refractivity contribution in [2.24, 2.45) is 0 Å². The molecule has 21 heavy (non-hydrogen) atoms. The topological polar surface area (TPSA) is 0 Å². The van der Waals surface area contributed by atoms with Crippen LogP contribution in [-0.4, -0.2) is 0 Å². The van der Waals surface area contributed by atoms with E-state index in [1.54, 1.807) is 0 Å². The Hall–Kier alpha value is -0.600. The van der Waals surface area contributed by atoms with Gasteiger partial charge in [-0.1, -0.05) is 44.0 Å². The summed E-state index contributed by atoms with van der Waals surface area (Å²) in [5, 5.41) is 0. The molecule has 0 radical (unpaired) electrons. The Labute approximate surface area is 145 Å². The third kappa shape index (κ3) is 2.98. The molecule has 0 aliphatic carbocycles. The minimum atomic E-state index is 0.213. The first-order chi connectivity index (χ1) is 9.75. The largest absolute Gasteiger partial charge is 0.0786 e. The van der Waals surface area contributed by atoms with Gasteiger partial charge in [-0.2, -0.15) is 0 Å². The van der Waals surface area contributed by atoms with Gasteiger partial charge in [0.1, 0.15) is 0 Å². The first-order valence-electron chi connectivity index (χ1n) is 7.22. The fourth-order valence-corrected chi connectivity index (χ4v) is 5.02. The Morgan fingerprint density at radius 1 is 0.762 bits per heavy atom. The minimum Gasteiger partial charge on any atom is -0.0786 e. The smallest absolute Gasteiger partial charge is 0.0660 e. The Balaban J connectivity index is 2.66. The molecule has 0 heterocycles. The van der Waals surface area contributed by atoms with Crippen LogP contribution in [-0.2, 0) is 0 Å². The second kappa shape index (κ2) is 6.26. The number of aryl methyl sites for hydroxylation is 1. The first-order valence-corrected chi connectivity index (χ1v) is 8.93. The van der Waals surface area contributed by atoms with Gasteiger partial charge >= 0.3 is 0 Å². The van der Waals surface area contributed by atoms with Gasteiger partial charge in [-0.3, -0.25) is 0 Å². The van der Waals surface area contributed by atoms with Crippen molar-refractivity contribution < 1.29 is 0 Å². The highest BCUT2D eigenvalue weighted by molar-refractivity contribution is 9.11. The lowest BCUT2D eigenvalue weighted by atomic mass is 9.86. The van der Waals surface area contributed by atoms with Crippen LogP contribution in [0.2, 0.25) is 0 Å². The maximum absolute atomic E-state index is 3.93. The van der Waals surface area contributed by atoms with E-state index < -0.39 is 0 Å². The van der Waals surface area contributed by atoms with Crippen molar-refractivity contribution in [2.45, 2.75) is 46.4 Å². The predicted molar refractivity (Wildman–Crippen MR) is 99.8 cm³/mol. The molecule has 2 aromatic carbocycles. The van der Waals surface area contributed by atoms with Crippen LogP contribution in [0, 0.1) is 41.5 Å². The molecule has 0 saturated heterocycles. The van der Waals surface area contributed by atoms with Gasteiger partial charge in [-0.25, -0.2) is 0 Å². The monoisotopic (exact) mass is 408 g/mol. The lowest BCUT2D eigenvalue weighted by Crippen LogP contribution is -2.06. The van der Waals surface area contributed by atoms with E-state index in [2.05, 4.69) is 91.6 Å². The van der Waals surface area contributed by atoms with Gasteiger partial charge in [-0.15, -0.1) is 0 Å². The summed E-state index contributed by atoms with van der Waals surface area (Å²) in [5.74, 6) is 0. The van der Waals surface area contributed by atoms with E-state index in [0.717, 1.165) is 0 Å². The zero-order chi connectivity index (χ0) is 15.9. The number of rotatable bonds is 2. The summed E-state index contributed by atoms with van der Waals surface area (Å²) in [6, 6.07) is 6.57. The van der Waals surface area contributed by atoms with Gasteiger partial charge < -0.3 is 0 Å². The van der Waals surface area contributed by atoms with Crippen LogP contribution in [0.15, 0.2) is 22.7 Å². The van der Waals surface area contributed by atoms with Gasteiger partial charge in [0.25, 0.3) is 0 Å². The summed E-state index contributed by atoms with van der Waals surface area (Å²) in [6.45, 7) is 13.3. The second-order valence-electron chi connectivity index (χ2n) is 5.93. The van der Waals surface area contributed by atoms with E-state index in [9.17, 15) is 0 Å². The Bertz CT molecular complexity index is 670. The minimum absolute atomic E-state index is 0.213. The van der Waals surface area contributed by atoms with Gasteiger partial charge in [0, 0.05) is 4.47 Å². The summed E-state index contributed by atoms with van der Waals surface area (Å²) < 4.78 is 1.17. The summed E-state index contributed by atoms with van der Waals surface area (Å²) in [5.41, 5.74) is 11.0. The molecule has 2 heteroatoms. The third-order valence-electron chi connectivity index (χ3n) is 4.74. The summed E-state index contributed by atoms with van der Waals surface area (Å²) in [7, 11) is 0. The molecule has 2 aromatic rings. The Morgan fingerprint density at radius 2 is 1.24 bits per heavy atom. The molecule has 112 valence electrons. The molecule has 0 aromatic heterocycles. The predicted octanol–water partition coefficient (Wildman–Crippen LogP) is 6.78. The zero-order valence-corrected chi connectivity index (χ0v) is 16.7. The van der Waals surface area contributed by atoms with E-state index in [0.29, 0.717) is 0 Å². The molecule has 0 aliphatic rings. The Kier molecular flexibility index (Phi) is 4.99. The number of halogens is 2. The van der Waals surface area contributed by atoms with Crippen LogP contribution < -0.4 is 0 Å². The van der Waals surface area contributed by atoms with Crippen molar-refractivity contribution in [3.63, 3.8) is 0 Å². The first kappa shape index (κ1) is 16.8. The molecular formula is C19H22Br2. The number of benzene rings is 2. The van der Waals surface area contributed by atoms with Crippen LogP contribution >= 0.6 is 31.9 Å². The molecule has 1 atom stereocenters. The van der Waals surface area contributed by atoms with E-state index in [4.69, 9.17) is 0 Å². The highest BCUT2D eigenvalue weighted by atomic mass is 79.9. The number of alkyl halides is 1. The third-order valence-corrected chi connectivity index (χ3v) is 6.38. The molecule has 0 spiro atoms. The quantitative estimate of drug-likeness (QED) is 0.479. The summed E-state index contributed by atoms with van der Waals surface area (Å²) in [6.07, 6.45) is 0. The van der Waals surface area contributed by atoms with Crippen molar-refractivity contribution >= 4 is 31.9 Å². The maximum atomic E-state index is 3.93. The van der Waals surface area contributed by atoms with Gasteiger partial charge in [-0.05, 0) is 92.1 Å². The molecular weight excluding hydrogens is 388 g/mol. The van der Waals surface area contributed by atoms with Gasteiger partial charge in [0.15, 0.2) is 0 Å². The number of hydrogen-bond donors (Lipinski definition) is 0. The normalized spacial score (nSPS) is 12.6. The lowest BCUT2D eigenvalue weighted by Gasteiger charge is -2.23. The fourth-order valence-electron chi connectivity index (χ4n) is 2.90. The van der Waals surface area contributed by atoms with Crippen molar-refractivity contribution in [1.82, 2.24) is 0 Å². The molecule has 0 N–H and O–H groups in total. The van der Waals surface area contributed by atoms with E-state index >= 15 is 0 Å². The zero-order valence-electron chi connectivity index (χ0n) is 13.6. The van der Waals surface area contributed by atoms with Crippen LogP contribution in [0.25, 0.3) is 0 Å². The molecule has 0 nitrogen and oxygen atoms in total. The molecule has 0 amide bonds. The highest BCUT2D eigenvalue weighted by Gasteiger charge is 2.21. The molecule has 0 bridgehead atoms. The molecule has 0 fully saturated rings. The van der Waals surface area contributed by atoms with Crippen LogP contribution in [0.4, 0.5) is 0 Å².